The summed E-state index contributed by atoms with van der Waals surface area (Å²) in [5, 5.41) is 3.33. The molecular formula is C17H14F3N3O2S. The van der Waals surface area contributed by atoms with Crippen molar-refractivity contribution in [1.82, 2.24) is 10.1 Å². The van der Waals surface area contributed by atoms with Crippen molar-refractivity contribution in [3.8, 4) is 11.4 Å². The highest BCUT2D eigenvalue weighted by molar-refractivity contribution is 7.93. The van der Waals surface area contributed by atoms with Crippen LogP contribution in [0, 0.1) is 0 Å². The Balaban J connectivity index is 1.77. The van der Waals surface area contributed by atoms with Gasteiger partial charge in [0.2, 0.25) is 5.82 Å². The minimum atomic E-state index is -4.68. The highest BCUT2D eigenvalue weighted by Gasteiger charge is 2.38. The molecule has 0 fully saturated rings. The number of aromatic nitrogens is 2. The highest BCUT2D eigenvalue weighted by atomic mass is 32.2. The van der Waals surface area contributed by atoms with Crippen LogP contribution in [0.4, 0.5) is 13.2 Å². The van der Waals surface area contributed by atoms with Gasteiger partial charge in [0, 0.05) is 16.7 Å². The minimum absolute atomic E-state index is 0.149. The summed E-state index contributed by atoms with van der Waals surface area (Å²) in [4.78, 5) is 3.98. The summed E-state index contributed by atoms with van der Waals surface area (Å²) < 4.78 is 58.6. The fourth-order valence-corrected chi connectivity index (χ4v) is 3.37. The Morgan fingerprint density at radius 2 is 1.73 bits per heavy atom. The first-order valence-corrected chi connectivity index (χ1v) is 9.41. The van der Waals surface area contributed by atoms with E-state index in [0.717, 1.165) is 5.56 Å². The predicted molar refractivity (Wildman–Crippen MR) is 89.6 cm³/mol. The molecule has 0 saturated heterocycles. The number of alkyl halides is 3. The first kappa shape index (κ1) is 18.1. The Kier molecular flexibility index (Phi) is 4.82. The summed E-state index contributed by atoms with van der Waals surface area (Å²) in [6, 6.07) is 15.4. The van der Waals surface area contributed by atoms with E-state index in [0.29, 0.717) is 10.5 Å². The van der Waals surface area contributed by atoms with Crippen molar-refractivity contribution >= 4 is 9.73 Å². The van der Waals surface area contributed by atoms with Gasteiger partial charge in [0.05, 0.1) is 16.3 Å². The number of halogens is 3. The Labute approximate surface area is 148 Å². The molecule has 3 aromatic rings. The van der Waals surface area contributed by atoms with Crippen molar-refractivity contribution in [2.75, 3.05) is 6.26 Å². The maximum atomic E-state index is 12.6. The van der Waals surface area contributed by atoms with Gasteiger partial charge in [0.25, 0.3) is 0 Å². The van der Waals surface area contributed by atoms with Crippen LogP contribution in [-0.2, 0) is 22.5 Å². The van der Waals surface area contributed by atoms with Gasteiger partial charge in [0.15, 0.2) is 0 Å². The lowest BCUT2D eigenvalue weighted by Crippen LogP contribution is -2.04. The van der Waals surface area contributed by atoms with Gasteiger partial charge in [-0.15, -0.1) is 0 Å². The summed E-state index contributed by atoms with van der Waals surface area (Å²) >= 11 is 0. The maximum Gasteiger partial charge on any atom is 0.471 e. The monoisotopic (exact) mass is 381 g/mol. The van der Waals surface area contributed by atoms with Crippen LogP contribution in [0.1, 0.15) is 11.5 Å². The molecule has 1 atom stereocenters. The lowest BCUT2D eigenvalue weighted by molar-refractivity contribution is -0.159. The molecule has 0 radical (unpaired) electrons. The zero-order valence-corrected chi connectivity index (χ0v) is 14.4. The van der Waals surface area contributed by atoms with Gasteiger partial charge >= 0.3 is 12.1 Å². The molecule has 26 heavy (non-hydrogen) atoms. The Hall–Kier alpha value is -2.68. The van der Waals surface area contributed by atoms with Crippen LogP contribution >= 0.6 is 0 Å². The smallest absolute Gasteiger partial charge is 0.329 e. The van der Waals surface area contributed by atoms with Gasteiger partial charge in [-0.1, -0.05) is 47.6 Å². The Bertz CT molecular complexity index is 1010. The SMILES string of the molecule is CS(=O)(=NCc1ccc(-c2noc(C(F)(F)F)n2)cc1)c1ccccc1. The molecule has 0 aliphatic rings. The van der Waals surface area contributed by atoms with Gasteiger partial charge in [-0.05, 0) is 17.7 Å². The van der Waals surface area contributed by atoms with Crippen LogP contribution in [0.15, 0.2) is 68.4 Å². The molecule has 0 amide bonds. The van der Waals surface area contributed by atoms with Crippen LogP contribution in [-0.4, -0.2) is 20.6 Å². The molecule has 0 aliphatic heterocycles. The number of hydrogen-bond acceptors (Lipinski definition) is 5. The highest BCUT2D eigenvalue weighted by Crippen LogP contribution is 2.29. The van der Waals surface area contributed by atoms with Crippen LogP contribution in [0.5, 0.6) is 0 Å². The summed E-state index contributed by atoms with van der Waals surface area (Å²) in [6.45, 7) is 0.213. The fraction of sp³-hybridized carbons (Fsp3) is 0.176. The van der Waals surface area contributed by atoms with E-state index in [1.54, 1.807) is 54.8 Å². The number of benzene rings is 2. The second-order valence-electron chi connectivity index (χ2n) is 5.52. The van der Waals surface area contributed by atoms with E-state index < -0.39 is 21.8 Å². The van der Waals surface area contributed by atoms with Gasteiger partial charge in [-0.25, -0.2) is 8.57 Å². The van der Waals surface area contributed by atoms with Crippen LogP contribution in [0.2, 0.25) is 0 Å². The molecule has 0 saturated carbocycles. The van der Waals surface area contributed by atoms with E-state index in [-0.39, 0.29) is 12.4 Å². The molecule has 0 aliphatic carbocycles. The molecule has 0 spiro atoms. The van der Waals surface area contributed by atoms with E-state index in [1.807, 2.05) is 6.07 Å². The zero-order valence-electron chi connectivity index (χ0n) is 13.6. The lowest BCUT2D eigenvalue weighted by Gasteiger charge is -2.05. The molecular weight excluding hydrogens is 367 g/mol. The molecule has 2 aromatic carbocycles. The van der Waals surface area contributed by atoms with Crippen LogP contribution in [0.25, 0.3) is 11.4 Å². The van der Waals surface area contributed by atoms with Gasteiger partial charge in [-0.2, -0.15) is 18.2 Å². The number of nitrogens with zero attached hydrogens (tertiary/aromatic N) is 3. The first-order valence-electron chi connectivity index (χ1n) is 7.49. The van der Waals surface area contributed by atoms with Crippen molar-refractivity contribution in [2.24, 2.45) is 4.36 Å². The van der Waals surface area contributed by atoms with Gasteiger partial charge < -0.3 is 4.52 Å². The second-order valence-corrected chi connectivity index (χ2v) is 7.86. The predicted octanol–water partition coefficient (Wildman–Crippen LogP) is 4.41. The van der Waals surface area contributed by atoms with E-state index in [9.17, 15) is 17.4 Å². The number of rotatable bonds is 4. The fourth-order valence-electron chi connectivity index (χ4n) is 2.16. The molecule has 1 aromatic heterocycles. The molecule has 0 bridgehead atoms. The van der Waals surface area contributed by atoms with Crippen molar-refractivity contribution in [2.45, 2.75) is 17.6 Å². The quantitative estimate of drug-likeness (QED) is 0.671. The van der Waals surface area contributed by atoms with Crippen molar-refractivity contribution in [3.63, 3.8) is 0 Å². The topological polar surface area (TPSA) is 68.3 Å². The molecule has 3 rings (SSSR count). The third-order valence-electron chi connectivity index (χ3n) is 3.55. The Morgan fingerprint density at radius 3 is 2.31 bits per heavy atom. The van der Waals surface area contributed by atoms with Crippen molar-refractivity contribution in [3.05, 3.63) is 66.1 Å². The summed E-state index contributed by atoms with van der Waals surface area (Å²) in [7, 11) is -2.52. The first-order chi connectivity index (χ1) is 12.3. The molecule has 0 N–H and O–H groups in total. The minimum Gasteiger partial charge on any atom is -0.329 e. The molecule has 9 heteroatoms. The number of hydrogen-bond donors (Lipinski definition) is 0. The van der Waals surface area contributed by atoms with E-state index in [2.05, 4.69) is 19.0 Å². The average Bonchev–Trinajstić information content (AvgIpc) is 3.12. The van der Waals surface area contributed by atoms with Crippen molar-refractivity contribution < 1.29 is 21.9 Å². The van der Waals surface area contributed by atoms with E-state index >= 15 is 0 Å². The van der Waals surface area contributed by atoms with Crippen molar-refractivity contribution in [1.29, 1.82) is 0 Å². The maximum absolute atomic E-state index is 12.6. The molecule has 136 valence electrons. The molecule has 1 heterocycles. The lowest BCUT2D eigenvalue weighted by atomic mass is 10.1. The van der Waals surface area contributed by atoms with E-state index in [1.165, 1.54) is 0 Å². The standard InChI is InChI=1S/C17H14F3N3O2S/c1-26(24,14-5-3-2-4-6-14)21-11-12-7-9-13(10-8-12)15-22-16(25-23-15)17(18,19)20/h2-10H,11H2,1H3. The second kappa shape index (κ2) is 6.91. The molecule has 5 nitrogen and oxygen atoms in total. The zero-order chi connectivity index (χ0) is 18.8. The average molecular weight is 381 g/mol. The largest absolute Gasteiger partial charge is 0.471 e. The molecule has 1 unspecified atom stereocenters. The van der Waals surface area contributed by atoms with Gasteiger partial charge in [-0.3, -0.25) is 0 Å². The van der Waals surface area contributed by atoms with Gasteiger partial charge in [0.1, 0.15) is 0 Å². The summed E-state index contributed by atoms with van der Waals surface area (Å²) in [5.74, 6) is -1.54. The normalized spacial score (nSPS) is 14.0. The van der Waals surface area contributed by atoms with E-state index in [4.69, 9.17) is 0 Å². The third kappa shape index (κ3) is 4.10. The Morgan fingerprint density at radius 1 is 1.08 bits per heavy atom. The van der Waals surface area contributed by atoms with Crippen LogP contribution < -0.4 is 0 Å². The summed E-state index contributed by atoms with van der Waals surface area (Å²) in [6.07, 6.45) is -3.11. The van der Waals surface area contributed by atoms with Crippen LogP contribution in [0.3, 0.4) is 0 Å². The summed E-state index contributed by atoms with van der Waals surface area (Å²) in [5.41, 5.74) is 1.15. The third-order valence-corrected chi connectivity index (χ3v) is 5.32.